The van der Waals surface area contributed by atoms with Crippen molar-refractivity contribution in [3.05, 3.63) is 48.0 Å². The van der Waals surface area contributed by atoms with Crippen LogP contribution in [0.5, 0.6) is 17.2 Å². The summed E-state index contributed by atoms with van der Waals surface area (Å²) >= 11 is 0. The summed E-state index contributed by atoms with van der Waals surface area (Å²) in [6, 6.07) is 10.5. The minimum atomic E-state index is -1.71. The van der Waals surface area contributed by atoms with Gasteiger partial charge in [-0.05, 0) is 30.5 Å². The van der Waals surface area contributed by atoms with Crippen LogP contribution >= 0.6 is 0 Å². The van der Waals surface area contributed by atoms with E-state index in [2.05, 4.69) is 5.32 Å². The van der Waals surface area contributed by atoms with Gasteiger partial charge in [-0.1, -0.05) is 38.1 Å². The first-order valence-corrected chi connectivity index (χ1v) is 11.1. The van der Waals surface area contributed by atoms with Gasteiger partial charge in [-0.3, -0.25) is 19.7 Å². The minimum Gasteiger partial charge on any atom is -0.504 e. The maximum atomic E-state index is 13.8. The molecule has 4 rings (SSSR count). The van der Waals surface area contributed by atoms with E-state index < -0.39 is 41.2 Å². The van der Waals surface area contributed by atoms with Crippen molar-refractivity contribution in [3.8, 4) is 17.2 Å². The van der Waals surface area contributed by atoms with Crippen LogP contribution in [0.3, 0.4) is 0 Å². The van der Waals surface area contributed by atoms with Crippen molar-refractivity contribution in [1.82, 2.24) is 5.32 Å². The lowest BCUT2D eigenvalue weighted by atomic mass is 9.75. The molecule has 2 heterocycles. The topological polar surface area (TPSA) is 125 Å². The number of rotatable bonds is 7. The van der Waals surface area contributed by atoms with Crippen molar-refractivity contribution in [1.29, 1.82) is 0 Å². The number of amides is 2. The van der Waals surface area contributed by atoms with Gasteiger partial charge in [0.2, 0.25) is 11.8 Å². The molecule has 0 unspecified atom stereocenters. The number of benzene rings is 2. The zero-order valence-electron chi connectivity index (χ0n) is 19.4. The maximum Gasteiger partial charge on any atom is 0.324 e. The zero-order valence-corrected chi connectivity index (χ0v) is 19.4. The van der Waals surface area contributed by atoms with Crippen LogP contribution in [-0.4, -0.2) is 47.8 Å². The molecule has 0 radical (unpaired) electrons. The van der Waals surface area contributed by atoms with E-state index in [1.165, 1.54) is 14.2 Å². The molecule has 3 N–H and O–H groups in total. The average molecular weight is 469 g/mol. The van der Waals surface area contributed by atoms with Gasteiger partial charge >= 0.3 is 5.97 Å². The highest BCUT2D eigenvalue weighted by molar-refractivity contribution is 6.24. The lowest BCUT2D eigenvalue weighted by Gasteiger charge is -2.32. The smallest absolute Gasteiger partial charge is 0.324 e. The highest BCUT2D eigenvalue weighted by atomic mass is 16.5. The molecule has 2 saturated heterocycles. The summed E-state index contributed by atoms with van der Waals surface area (Å²) in [5.74, 6) is -4.40. The Morgan fingerprint density at radius 2 is 1.71 bits per heavy atom. The number of ether oxygens (including phenoxy) is 2. The number of phenolic OH excluding ortho intramolecular Hbond substituents is 1. The van der Waals surface area contributed by atoms with Crippen molar-refractivity contribution in [2.24, 2.45) is 17.8 Å². The summed E-state index contributed by atoms with van der Waals surface area (Å²) in [6.07, 6.45) is 0.115. The number of nitrogens with one attached hydrogen (secondary N) is 1. The molecule has 0 aromatic heterocycles. The van der Waals surface area contributed by atoms with E-state index in [1.54, 1.807) is 42.5 Å². The summed E-state index contributed by atoms with van der Waals surface area (Å²) in [4.78, 5) is 41.4. The molecule has 9 heteroatoms. The summed E-state index contributed by atoms with van der Waals surface area (Å²) in [6.45, 7) is 3.72. The number of fused-ring (bicyclic) bond motifs is 1. The molecule has 0 aliphatic carbocycles. The molecule has 2 amide bonds. The highest BCUT2D eigenvalue weighted by Crippen LogP contribution is 2.54. The largest absolute Gasteiger partial charge is 0.504 e. The number of phenols is 1. The second-order valence-corrected chi connectivity index (χ2v) is 9.08. The Morgan fingerprint density at radius 3 is 2.32 bits per heavy atom. The molecule has 4 atom stereocenters. The number of hydrogen-bond donors (Lipinski definition) is 3. The lowest BCUT2D eigenvalue weighted by molar-refractivity contribution is -0.149. The fourth-order valence-corrected chi connectivity index (χ4v) is 5.39. The molecular formula is C25H28N2O7. The van der Waals surface area contributed by atoms with E-state index in [0.717, 1.165) is 4.90 Å². The van der Waals surface area contributed by atoms with Crippen LogP contribution < -0.4 is 19.7 Å². The number of hydrogen-bond acceptors (Lipinski definition) is 7. The SMILES string of the molecule is COc1ccccc1N1C(=O)[C@@H]2[C@H](c3cccc(OC)c3O)N[C@@](CC(C)C)(C(=O)O)[C@H]2C1=O. The quantitative estimate of drug-likeness (QED) is 0.530. The number of methoxy groups -OCH3 is 2. The second-order valence-electron chi connectivity index (χ2n) is 9.08. The normalized spacial score (nSPS) is 26.1. The third-order valence-corrected chi connectivity index (χ3v) is 6.68. The van der Waals surface area contributed by atoms with Gasteiger partial charge in [0.25, 0.3) is 0 Å². The van der Waals surface area contributed by atoms with Crippen molar-refractivity contribution in [2.75, 3.05) is 19.1 Å². The maximum absolute atomic E-state index is 13.8. The van der Waals surface area contributed by atoms with Gasteiger partial charge in [0.05, 0.1) is 31.7 Å². The third kappa shape index (κ3) is 3.38. The number of nitrogens with zero attached hydrogens (tertiary/aromatic N) is 1. The number of carbonyl (C=O) groups excluding carboxylic acids is 2. The predicted molar refractivity (Wildman–Crippen MR) is 123 cm³/mol. The summed E-state index contributed by atoms with van der Waals surface area (Å²) in [7, 11) is 2.83. The Morgan fingerprint density at radius 1 is 1.06 bits per heavy atom. The van der Waals surface area contributed by atoms with Gasteiger partial charge in [0.15, 0.2) is 11.5 Å². The van der Waals surface area contributed by atoms with Gasteiger partial charge in [0, 0.05) is 11.6 Å². The molecule has 2 aliphatic heterocycles. The Labute approximate surface area is 197 Å². The molecule has 2 aliphatic rings. The van der Waals surface area contributed by atoms with Gasteiger partial charge < -0.3 is 19.7 Å². The van der Waals surface area contributed by atoms with Crippen molar-refractivity contribution >= 4 is 23.5 Å². The number of carbonyl (C=O) groups is 3. The minimum absolute atomic E-state index is 0.0925. The van der Waals surface area contributed by atoms with Crippen LogP contribution in [0, 0.1) is 17.8 Å². The average Bonchev–Trinajstić information content (AvgIpc) is 3.27. The molecule has 2 aromatic carbocycles. The van der Waals surface area contributed by atoms with Gasteiger partial charge in [-0.2, -0.15) is 0 Å². The first-order chi connectivity index (χ1) is 16.2. The molecule has 0 saturated carbocycles. The van der Waals surface area contributed by atoms with Crippen LogP contribution in [0.25, 0.3) is 0 Å². The number of aliphatic carboxylic acids is 1. The first kappa shape index (κ1) is 23.6. The number of imide groups is 1. The van der Waals surface area contributed by atoms with Gasteiger partial charge in [0.1, 0.15) is 11.3 Å². The Hall–Kier alpha value is -3.59. The fraction of sp³-hybridized carbons (Fsp3) is 0.400. The lowest BCUT2D eigenvalue weighted by Crippen LogP contribution is -2.56. The van der Waals surface area contributed by atoms with E-state index in [-0.39, 0.29) is 29.5 Å². The number of anilines is 1. The molecule has 2 aromatic rings. The van der Waals surface area contributed by atoms with Crippen LogP contribution in [0.4, 0.5) is 5.69 Å². The highest BCUT2D eigenvalue weighted by Gasteiger charge is 2.69. The van der Waals surface area contributed by atoms with Crippen LogP contribution in [0.15, 0.2) is 42.5 Å². The second kappa shape index (κ2) is 8.64. The Balaban J connectivity index is 1.92. The van der Waals surface area contributed by atoms with E-state index in [1.807, 2.05) is 13.8 Å². The van der Waals surface area contributed by atoms with Crippen molar-refractivity contribution < 1.29 is 34.1 Å². The fourth-order valence-electron chi connectivity index (χ4n) is 5.39. The number of carboxylic acid groups (broad SMARTS) is 1. The van der Waals surface area contributed by atoms with Crippen LogP contribution in [0.2, 0.25) is 0 Å². The molecular weight excluding hydrogens is 440 g/mol. The van der Waals surface area contributed by atoms with Crippen LogP contribution in [0.1, 0.15) is 31.9 Å². The molecule has 34 heavy (non-hydrogen) atoms. The number of carboxylic acids is 1. The summed E-state index contributed by atoms with van der Waals surface area (Å²) in [5.41, 5.74) is -1.15. The van der Waals surface area contributed by atoms with E-state index in [4.69, 9.17) is 9.47 Å². The third-order valence-electron chi connectivity index (χ3n) is 6.68. The molecule has 2 fully saturated rings. The predicted octanol–water partition coefficient (Wildman–Crippen LogP) is 2.73. The summed E-state index contributed by atoms with van der Waals surface area (Å²) in [5, 5.41) is 24.3. The Kier molecular flexibility index (Phi) is 5.99. The van der Waals surface area contributed by atoms with Crippen LogP contribution in [-0.2, 0) is 14.4 Å². The standard InChI is InChI=1S/C25H28N2O7/c1-13(2)12-25(24(31)32)19-18(20(26-25)14-8-7-11-17(34-4)21(14)28)22(29)27(23(19)30)15-9-5-6-10-16(15)33-3/h5-11,13,18-20,26,28H,12H2,1-4H3,(H,31,32)/t18-,19+,20-,25+/m0/s1. The molecule has 9 nitrogen and oxygen atoms in total. The number of para-hydroxylation sites is 3. The Bertz CT molecular complexity index is 1150. The molecule has 180 valence electrons. The van der Waals surface area contributed by atoms with Crippen molar-refractivity contribution in [3.63, 3.8) is 0 Å². The molecule has 0 bridgehead atoms. The number of aromatic hydroxyl groups is 1. The molecule has 0 spiro atoms. The van der Waals surface area contributed by atoms with E-state index in [9.17, 15) is 24.6 Å². The summed E-state index contributed by atoms with van der Waals surface area (Å²) < 4.78 is 10.6. The van der Waals surface area contributed by atoms with Crippen molar-refractivity contribution in [2.45, 2.75) is 31.8 Å². The zero-order chi connectivity index (χ0) is 24.8. The first-order valence-electron chi connectivity index (χ1n) is 11.1. The monoisotopic (exact) mass is 468 g/mol. The van der Waals surface area contributed by atoms with Gasteiger partial charge in [-0.15, -0.1) is 0 Å². The van der Waals surface area contributed by atoms with E-state index >= 15 is 0 Å². The van der Waals surface area contributed by atoms with Gasteiger partial charge in [-0.25, -0.2) is 4.90 Å². The van der Waals surface area contributed by atoms with E-state index in [0.29, 0.717) is 11.3 Å².